The summed E-state index contributed by atoms with van der Waals surface area (Å²) in [5, 5.41) is 0. The molecule has 0 saturated carbocycles. The van der Waals surface area contributed by atoms with Crippen molar-refractivity contribution in [2.24, 2.45) is 19.1 Å². The minimum Gasteiger partial charge on any atom is -0.300 e. The summed E-state index contributed by atoms with van der Waals surface area (Å²) < 4.78 is 2.50. The van der Waals surface area contributed by atoms with Crippen molar-refractivity contribution in [3.63, 3.8) is 0 Å². The van der Waals surface area contributed by atoms with Gasteiger partial charge in [-0.3, -0.25) is 19.3 Å². The maximum atomic E-state index is 12.0. The Bertz CT molecular complexity index is 742. The first-order valence-electron chi connectivity index (χ1n) is 5.73. The first-order chi connectivity index (χ1) is 9.02. The minimum atomic E-state index is -0.349. The van der Waals surface area contributed by atoms with Gasteiger partial charge in [0.15, 0.2) is 0 Å². The highest BCUT2D eigenvalue weighted by Crippen LogP contribution is 2.08. The molecule has 98 valence electrons. The van der Waals surface area contributed by atoms with Crippen LogP contribution in [0.25, 0.3) is 0 Å². The average molecular weight is 258 g/mol. The van der Waals surface area contributed by atoms with E-state index in [0.717, 1.165) is 4.57 Å². The molecule has 0 unspecified atom stereocenters. The van der Waals surface area contributed by atoms with E-state index in [1.165, 1.54) is 17.8 Å². The van der Waals surface area contributed by atoms with E-state index in [4.69, 9.17) is 0 Å². The number of hydrogen-bond acceptors (Lipinski definition) is 4. The summed E-state index contributed by atoms with van der Waals surface area (Å²) >= 11 is 0. The van der Waals surface area contributed by atoms with Crippen LogP contribution in [0, 0.1) is 6.92 Å². The van der Waals surface area contributed by atoms with Crippen LogP contribution < -0.4 is 11.2 Å². The maximum Gasteiger partial charge on any atom is 0.330 e. The third-order valence-electron chi connectivity index (χ3n) is 3.01. The van der Waals surface area contributed by atoms with Crippen LogP contribution in [-0.4, -0.2) is 20.3 Å². The monoisotopic (exact) mass is 258 g/mol. The summed E-state index contributed by atoms with van der Waals surface area (Å²) in [6, 6.07) is 3.47. The van der Waals surface area contributed by atoms with E-state index in [2.05, 4.69) is 9.98 Å². The van der Waals surface area contributed by atoms with Gasteiger partial charge < -0.3 is 4.57 Å². The molecular formula is C13H14N4O2. The van der Waals surface area contributed by atoms with Gasteiger partial charge in [0.2, 0.25) is 0 Å². The zero-order valence-corrected chi connectivity index (χ0v) is 11.0. The Hall–Kier alpha value is -2.50. The first kappa shape index (κ1) is 12.9. The maximum absolute atomic E-state index is 12.0. The van der Waals surface area contributed by atoms with Crippen molar-refractivity contribution in [1.29, 1.82) is 0 Å². The summed E-state index contributed by atoms with van der Waals surface area (Å²) in [5.41, 5.74) is 1.000. The van der Waals surface area contributed by atoms with E-state index >= 15 is 0 Å². The Balaban J connectivity index is 2.56. The van der Waals surface area contributed by atoms with Gasteiger partial charge in [-0.1, -0.05) is 0 Å². The molecule has 0 aromatic carbocycles. The van der Waals surface area contributed by atoms with E-state index in [9.17, 15) is 9.59 Å². The molecule has 6 nitrogen and oxygen atoms in total. The molecule has 0 atom stereocenters. The fourth-order valence-electron chi connectivity index (χ4n) is 1.69. The molecule has 2 aromatic heterocycles. The molecule has 19 heavy (non-hydrogen) atoms. The molecule has 0 saturated heterocycles. The van der Waals surface area contributed by atoms with E-state index in [1.54, 1.807) is 38.5 Å². The summed E-state index contributed by atoms with van der Waals surface area (Å²) in [6.07, 6.45) is 4.73. The lowest BCUT2D eigenvalue weighted by Gasteiger charge is -2.08. The number of pyridine rings is 1. The van der Waals surface area contributed by atoms with Crippen molar-refractivity contribution in [2.45, 2.75) is 6.92 Å². The molecule has 0 aliphatic carbocycles. The Kier molecular flexibility index (Phi) is 3.41. The van der Waals surface area contributed by atoms with Crippen LogP contribution >= 0.6 is 0 Å². The average Bonchev–Trinajstić information content (AvgIpc) is 2.44. The highest BCUT2D eigenvalue weighted by Gasteiger charge is 2.09. The topological polar surface area (TPSA) is 69.2 Å². The molecule has 0 N–H and O–H groups in total. The number of rotatable bonds is 2. The molecule has 2 aromatic rings. The second-order valence-electron chi connectivity index (χ2n) is 4.17. The highest BCUT2D eigenvalue weighted by molar-refractivity contribution is 5.82. The molecule has 2 heterocycles. The smallest absolute Gasteiger partial charge is 0.300 e. The fraction of sp³-hybridized carbons (Fsp3) is 0.231. The molecular weight excluding hydrogens is 244 g/mol. The van der Waals surface area contributed by atoms with Crippen molar-refractivity contribution in [2.75, 3.05) is 0 Å². The second-order valence-corrected chi connectivity index (χ2v) is 4.17. The quantitative estimate of drug-likeness (QED) is 0.738. The minimum absolute atomic E-state index is 0.344. The largest absolute Gasteiger partial charge is 0.330 e. The standard InChI is InChI=1S/C13H14N4O2/c1-9-11(8-15-10-4-6-14-7-5-10)12(18)17(3)13(19)16(9)2/h4-8H,1-3H3. The molecule has 0 aliphatic heterocycles. The molecule has 0 bridgehead atoms. The van der Waals surface area contributed by atoms with Crippen LogP contribution in [0.5, 0.6) is 0 Å². The summed E-state index contributed by atoms with van der Waals surface area (Å²) in [5.74, 6) is 0. The second kappa shape index (κ2) is 5.01. The van der Waals surface area contributed by atoms with E-state index in [0.29, 0.717) is 16.9 Å². The van der Waals surface area contributed by atoms with Crippen molar-refractivity contribution in [3.8, 4) is 0 Å². The van der Waals surface area contributed by atoms with Gasteiger partial charge in [-0.05, 0) is 19.1 Å². The van der Waals surface area contributed by atoms with Gasteiger partial charge in [-0.2, -0.15) is 0 Å². The van der Waals surface area contributed by atoms with Crippen LogP contribution in [0.4, 0.5) is 5.69 Å². The zero-order chi connectivity index (χ0) is 14.0. The predicted molar refractivity (Wildman–Crippen MR) is 73.2 cm³/mol. The van der Waals surface area contributed by atoms with Gasteiger partial charge in [-0.15, -0.1) is 0 Å². The number of aromatic nitrogens is 3. The van der Waals surface area contributed by atoms with Gasteiger partial charge in [0.1, 0.15) is 0 Å². The molecule has 6 heteroatoms. The Labute approximate surface area is 109 Å². The van der Waals surface area contributed by atoms with Gasteiger partial charge in [0.05, 0.1) is 11.3 Å². The fourth-order valence-corrected chi connectivity index (χ4v) is 1.69. The van der Waals surface area contributed by atoms with Crippen molar-refractivity contribution < 1.29 is 0 Å². The summed E-state index contributed by atoms with van der Waals surface area (Å²) in [7, 11) is 3.08. The van der Waals surface area contributed by atoms with Crippen LogP contribution in [-0.2, 0) is 14.1 Å². The van der Waals surface area contributed by atoms with Crippen LogP contribution in [0.2, 0.25) is 0 Å². The molecule has 0 spiro atoms. The zero-order valence-electron chi connectivity index (χ0n) is 11.0. The Morgan fingerprint density at radius 1 is 1.16 bits per heavy atom. The lowest BCUT2D eigenvalue weighted by atomic mass is 10.2. The van der Waals surface area contributed by atoms with Crippen molar-refractivity contribution in [3.05, 3.63) is 56.6 Å². The van der Waals surface area contributed by atoms with Gasteiger partial charge in [0, 0.05) is 38.4 Å². The molecule has 0 aliphatic rings. The van der Waals surface area contributed by atoms with Crippen LogP contribution in [0.3, 0.4) is 0 Å². The van der Waals surface area contributed by atoms with Gasteiger partial charge in [0.25, 0.3) is 5.56 Å². The molecule has 2 rings (SSSR count). The van der Waals surface area contributed by atoms with Crippen molar-refractivity contribution >= 4 is 11.9 Å². The van der Waals surface area contributed by atoms with Crippen LogP contribution in [0.1, 0.15) is 11.3 Å². The number of nitrogens with zero attached hydrogens (tertiary/aromatic N) is 4. The first-order valence-corrected chi connectivity index (χ1v) is 5.73. The van der Waals surface area contributed by atoms with Crippen LogP contribution in [0.15, 0.2) is 39.1 Å². The SMILES string of the molecule is Cc1c(C=Nc2ccncc2)c(=O)n(C)c(=O)n1C. The van der Waals surface area contributed by atoms with E-state index < -0.39 is 0 Å². The van der Waals surface area contributed by atoms with E-state index in [-0.39, 0.29) is 11.2 Å². The normalized spacial score (nSPS) is 11.1. The lowest BCUT2D eigenvalue weighted by Crippen LogP contribution is -2.40. The molecule has 0 fully saturated rings. The third kappa shape index (κ3) is 2.37. The number of aliphatic imine (C=N–C) groups is 1. The summed E-state index contributed by atoms with van der Waals surface area (Å²) in [4.78, 5) is 31.8. The number of hydrogen-bond donors (Lipinski definition) is 0. The predicted octanol–water partition coefficient (Wildman–Crippen LogP) is 0.538. The van der Waals surface area contributed by atoms with Gasteiger partial charge in [-0.25, -0.2) is 4.79 Å². The highest BCUT2D eigenvalue weighted by atomic mass is 16.2. The Morgan fingerprint density at radius 2 is 1.79 bits per heavy atom. The summed E-state index contributed by atoms with van der Waals surface area (Å²) in [6.45, 7) is 1.72. The molecule has 0 amide bonds. The third-order valence-corrected chi connectivity index (χ3v) is 3.01. The van der Waals surface area contributed by atoms with Gasteiger partial charge >= 0.3 is 5.69 Å². The molecule has 0 radical (unpaired) electrons. The lowest BCUT2D eigenvalue weighted by molar-refractivity contribution is 0.665. The van der Waals surface area contributed by atoms with Crippen molar-refractivity contribution in [1.82, 2.24) is 14.1 Å². The van der Waals surface area contributed by atoms with E-state index in [1.807, 2.05) is 0 Å². The Morgan fingerprint density at radius 3 is 2.42 bits per heavy atom.